The largest absolute Gasteiger partial charge is 0.497 e. The molecule has 32 heavy (non-hydrogen) atoms. The average Bonchev–Trinajstić information content (AvgIpc) is 3.76. The van der Waals surface area contributed by atoms with Crippen molar-refractivity contribution in [2.75, 3.05) is 12.9 Å². The first-order valence-electron chi connectivity index (χ1n) is 11.2. The van der Waals surface area contributed by atoms with Crippen LogP contribution in [0.4, 0.5) is 0 Å². The van der Waals surface area contributed by atoms with E-state index < -0.39 is 0 Å². The van der Waals surface area contributed by atoms with E-state index in [1.165, 1.54) is 30.2 Å². The van der Waals surface area contributed by atoms with Crippen molar-refractivity contribution in [3.05, 3.63) is 71.5 Å². The number of nitrogens with zero attached hydrogens (tertiary/aromatic N) is 4. The lowest BCUT2D eigenvalue weighted by molar-refractivity contribution is -0.129. The maximum absolute atomic E-state index is 13.2. The summed E-state index contributed by atoms with van der Waals surface area (Å²) in [6, 6.07) is 18.7. The van der Waals surface area contributed by atoms with Crippen LogP contribution in [0.2, 0.25) is 0 Å². The van der Waals surface area contributed by atoms with E-state index in [0.29, 0.717) is 24.3 Å². The molecule has 0 N–H and O–H groups in total. The molecule has 0 radical (unpaired) electrons. The zero-order valence-electron chi connectivity index (χ0n) is 18.3. The number of amides is 1. The summed E-state index contributed by atoms with van der Waals surface area (Å²) in [5.74, 6) is 2.94. The Bertz CT molecular complexity index is 1060. The number of benzene rings is 2. The molecule has 0 saturated heterocycles. The maximum atomic E-state index is 13.2. The van der Waals surface area contributed by atoms with E-state index in [4.69, 9.17) is 4.74 Å². The number of aromatic nitrogens is 3. The topological polar surface area (TPSA) is 60.2 Å². The zero-order valence-corrected chi connectivity index (χ0v) is 19.1. The van der Waals surface area contributed by atoms with Crippen molar-refractivity contribution in [1.29, 1.82) is 0 Å². The average molecular weight is 449 g/mol. The molecule has 2 saturated carbocycles. The first kappa shape index (κ1) is 21.1. The van der Waals surface area contributed by atoms with Crippen molar-refractivity contribution in [3.63, 3.8) is 0 Å². The second-order valence-electron chi connectivity index (χ2n) is 8.58. The molecule has 2 aliphatic carbocycles. The number of methoxy groups -OCH3 is 1. The third-order valence-corrected chi connectivity index (χ3v) is 6.97. The zero-order chi connectivity index (χ0) is 21.9. The Balaban J connectivity index is 1.27. The molecular weight excluding hydrogens is 420 g/mol. The van der Waals surface area contributed by atoms with Gasteiger partial charge in [0, 0.05) is 18.5 Å². The summed E-state index contributed by atoms with van der Waals surface area (Å²) >= 11 is 1.51. The summed E-state index contributed by atoms with van der Waals surface area (Å²) in [5.41, 5.74) is 2.35. The van der Waals surface area contributed by atoms with Gasteiger partial charge in [0.1, 0.15) is 11.6 Å². The van der Waals surface area contributed by atoms with E-state index in [9.17, 15) is 4.79 Å². The van der Waals surface area contributed by atoms with E-state index in [2.05, 4.69) is 39.0 Å². The van der Waals surface area contributed by atoms with E-state index in [1.807, 2.05) is 35.2 Å². The van der Waals surface area contributed by atoms with Gasteiger partial charge in [0.05, 0.1) is 19.4 Å². The number of ether oxygens (including phenoxy) is 1. The van der Waals surface area contributed by atoms with Crippen LogP contribution in [0.25, 0.3) is 0 Å². The van der Waals surface area contributed by atoms with Gasteiger partial charge in [-0.05, 0) is 48.9 Å². The van der Waals surface area contributed by atoms with Gasteiger partial charge < -0.3 is 14.2 Å². The molecule has 1 heterocycles. The quantitative estimate of drug-likeness (QED) is 0.428. The first-order valence-corrected chi connectivity index (χ1v) is 12.2. The van der Waals surface area contributed by atoms with Gasteiger partial charge in [0.15, 0.2) is 5.16 Å². The van der Waals surface area contributed by atoms with E-state index in [-0.39, 0.29) is 5.91 Å². The van der Waals surface area contributed by atoms with Gasteiger partial charge >= 0.3 is 0 Å². The molecule has 3 aromatic rings. The first-order chi connectivity index (χ1) is 15.7. The summed E-state index contributed by atoms with van der Waals surface area (Å²) in [7, 11) is 1.66. The fourth-order valence-corrected chi connectivity index (χ4v) is 4.74. The lowest BCUT2D eigenvalue weighted by Crippen LogP contribution is -2.34. The number of carbonyl (C=O) groups excluding carboxylic acids is 1. The monoisotopic (exact) mass is 448 g/mol. The molecule has 6 nitrogen and oxygen atoms in total. The highest BCUT2D eigenvalue weighted by molar-refractivity contribution is 7.99. The van der Waals surface area contributed by atoms with Gasteiger partial charge in [-0.15, -0.1) is 10.2 Å². The lowest BCUT2D eigenvalue weighted by Gasteiger charge is -2.22. The van der Waals surface area contributed by atoms with Gasteiger partial charge in [0.2, 0.25) is 5.91 Å². The molecule has 2 aliphatic rings. The van der Waals surface area contributed by atoms with Crippen LogP contribution in [-0.2, 0) is 17.9 Å². The molecule has 166 valence electrons. The molecule has 7 heteroatoms. The SMILES string of the molecule is COc1ccc(CN(C(=O)CSc2nnc(C3CC3)n2Cc2ccccc2)C2CC2)cc1. The van der Waals surface area contributed by atoms with Crippen molar-refractivity contribution in [3.8, 4) is 5.75 Å². The minimum Gasteiger partial charge on any atom is -0.497 e. The highest BCUT2D eigenvalue weighted by atomic mass is 32.2. The van der Waals surface area contributed by atoms with Gasteiger partial charge in [0.25, 0.3) is 0 Å². The van der Waals surface area contributed by atoms with Gasteiger partial charge in [-0.3, -0.25) is 4.79 Å². The summed E-state index contributed by atoms with van der Waals surface area (Å²) < 4.78 is 7.45. The van der Waals surface area contributed by atoms with Crippen LogP contribution in [-0.4, -0.2) is 44.5 Å². The molecule has 5 rings (SSSR count). The standard InChI is InChI=1S/C25H28N4O2S/c1-31-22-13-7-19(8-14-22)15-28(21-11-12-21)23(30)17-32-25-27-26-24(20-9-10-20)29(25)16-18-5-3-2-4-6-18/h2-8,13-14,20-21H,9-12,15-17H2,1H3. The fourth-order valence-electron chi connectivity index (χ4n) is 3.91. The third kappa shape index (κ3) is 4.99. The summed E-state index contributed by atoms with van der Waals surface area (Å²) in [4.78, 5) is 15.2. The minimum atomic E-state index is 0.163. The second-order valence-corrected chi connectivity index (χ2v) is 9.52. The van der Waals surface area contributed by atoms with E-state index >= 15 is 0 Å². The van der Waals surface area contributed by atoms with Crippen LogP contribution in [0, 0.1) is 0 Å². The van der Waals surface area contributed by atoms with Crippen molar-refractivity contribution < 1.29 is 9.53 Å². The van der Waals surface area contributed by atoms with Crippen molar-refractivity contribution in [2.24, 2.45) is 0 Å². The van der Waals surface area contributed by atoms with Crippen LogP contribution in [0.1, 0.15) is 48.6 Å². The number of hydrogen-bond donors (Lipinski definition) is 0. The summed E-state index contributed by atoms with van der Waals surface area (Å²) in [6.07, 6.45) is 4.52. The Labute approximate surface area is 193 Å². The predicted molar refractivity (Wildman–Crippen MR) is 125 cm³/mol. The van der Waals surface area contributed by atoms with Crippen LogP contribution >= 0.6 is 11.8 Å². The highest BCUT2D eigenvalue weighted by Crippen LogP contribution is 2.40. The van der Waals surface area contributed by atoms with Gasteiger partial charge in [-0.2, -0.15) is 0 Å². The van der Waals surface area contributed by atoms with Crippen LogP contribution in [0.3, 0.4) is 0 Å². The van der Waals surface area contributed by atoms with Crippen molar-refractivity contribution >= 4 is 17.7 Å². The van der Waals surface area contributed by atoms with Crippen molar-refractivity contribution in [2.45, 2.75) is 55.9 Å². The van der Waals surface area contributed by atoms with E-state index in [0.717, 1.165) is 41.7 Å². The molecule has 1 aromatic heterocycles. The Morgan fingerprint density at radius 1 is 1.03 bits per heavy atom. The lowest BCUT2D eigenvalue weighted by atomic mass is 10.2. The predicted octanol–water partition coefficient (Wildman–Crippen LogP) is 4.50. The van der Waals surface area contributed by atoms with Gasteiger partial charge in [-0.25, -0.2) is 0 Å². The molecule has 2 aromatic carbocycles. The number of thioether (sulfide) groups is 1. The molecule has 2 fully saturated rings. The summed E-state index contributed by atoms with van der Waals surface area (Å²) in [6.45, 7) is 1.38. The number of rotatable bonds is 10. The Morgan fingerprint density at radius 3 is 2.44 bits per heavy atom. The minimum absolute atomic E-state index is 0.163. The van der Waals surface area contributed by atoms with Crippen LogP contribution in [0.15, 0.2) is 59.8 Å². The molecule has 0 spiro atoms. The Morgan fingerprint density at radius 2 is 1.78 bits per heavy atom. The van der Waals surface area contributed by atoms with Gasteiger partial charge in [-0.1, -0.05) is 54.2 Å². The maximum Gasteiger partial charge on any atom is 0.233 e. The summed E-state index contributed by atoms with van der Waals surface area (Å²) in [5, 5.41) is 9.78. The molecule has 1 amide bonds. The Hall–Kier alpha value is -2.80. The van der Waals surface area contributed by atoms with E-state index in [1.54, 1.807) is 7.11 Å². The normalized spacial score (nSPS) is 15.5. The number of hydrogen-bond acceptors (Lipinski definition) is 5. The van der Waals surface area contributed by atoms with Crippen LogP contribution < -0.4 is 4.74 Å². The molecule has 0 bridgehead atoms. The molecule has 0 unspecified atom stereocenters. The molecule has 0 atom stereocenters. The van der Waals surface area contributed by atoms with Crippen LogP contribution in [0.5, 0.6) is 5.75 Å². The molecular formula is C25H28N4O2S. The molecule has 0 aliphatic heterocycles. The number of carbonyl (C=O) groups is 1. The highest BCUT2D eigenvalue weighted by Gasteiger charge is 2.33. The fraction of sp³-hybridized carbons (Fsp3) is 0.400. The second kappa shape index (κ2) is 9.36. The Kier molecular flexibility index (Phi) is 6.17. The smallest absolute Gasteiger partial charge is 0.233 e. The third-order valence-electron chi connectivity index (χ3n) is 6.02. The van der Waals surface area contributed by atoms with Crippen molar-refractivity contribution in [1.82, 2.24) is 19.7 Å².